The van der Waals surface area contributed by atoms with Crippen LogP contribution in [0.25, 0.3) is 0 Å². The number of anilines is 1. The molecule has 0 aliphatic carbocycles. The molecule has 1 fully saturated rings. The molecule has 0 unspecified atom stereocenters. The van der Waals surface area contributed by atoms with Crippen LogP contribution in [0.4, 0.5) is 14.7 Å². The average molecular weight is 436 g/mol. The molecule has 0 atom stereocenters. The van der Waals surface area contributed by atoms with Crippen LogP contribution in [0, 0.1) is 0 Å². The number of aromatic nitrogens is 2. The zero-order valence-electron chi connectivity index (χ0n) is 17.4. The molecule has 0 bridgehead atoms. The largest absolute Gasteiger partial charge is 0.493 e. The summed E-state index contributed by atoms with van der Waals surface area (Å²) in [7, 11) is 1.42. The Morgan fingerprint density at radius 2 is 1.97 bits per heavy atom. The van der Waals surface area contributed by atoms with Gasteiger partial charge in [0.2, 0.25) is 5.95 Å². The molecule has 0 radical (unpaired) electrons. The lowest BCUT2D eigenvalue weighted by Gasteiger charge is -2.27. The summed E-state index contributed by atoms with van der Waals surface area (Å²) >= 11 is 0. The molecule has 10 heteroatoms. The number of morpholine rings is 1. The lowest BCUT2D eigenvalue weighted by atomic mass is 10.1. The molecular weight excluding hydrogens is 410 g/mol. The maximum absolute atomic E-state index is 12.9. The Bertz CT molecular complexity index is 963. The Kier molecular flexibility index (Phi) is 6.67. The lowest BCUT2D eigenvalue weighted by molar-refractivity contribution is -0.0521. The van der Waals surface area contributed by atoms with Gasteiger partial charge in [-0.3, -0.25) is 14.7 Å². The molecule has 2 aliphatic rings. The molecule has 1 saturated heterocycles. The minimum absolute atomic E-state index is 0.0485. The number of fused-ring (bicyclic) bond motifs is 1. The summed E-state index contributed by atoms with van der Waals surface area (Å²) in [6.07, 6.45) is 1.14. The lowest BCUT2D eigenvalue weighted by Crippen LogP contribution is -2.38. The molecule has 0 spiro atoms. The van der Waals surface area contributed by atoms with Gasteiger partial charge in [-0.15, -0.1) is 0 Å². The molecule has 2 aromatic rings. The van der Waals surface area contributed by atoms with Crippen LogP contribution < -0.4 is 19.9 Å². The Morgan fingerprint density at radius 1 is 1.19 bits per heavy atom. The second-order valence-electron chi connectivity index (χ2n) is 7.52. The molecule has 31 heavy (non-hydrogen) atoms. The average Bonchev–Trinajstić information content (AvgIpc) is 2.98. The maximum Gasteiger partial charge on any atom is 0.387 e. The fourth-order valence-electron chi connectivity index (χ4n) is 4.03. The van der Waals surface area contributed by atoms with E-state index >= 15 is 0 Å². The van der Waals surface area contributed by atoms with Crippen LogP contribution >= 0.6 is 0 Å². The van der Waals surface area contributed by atoms with Gasteiger partial charge in [0.25, 0.3) is 5.56 Å². The first-order valence-corrected chi connectivity index (χ1v) is 10.3. The molecule has 1 aromatic heterocycles. The number of hydrogen-bond donors (Lipinski definition) is 1. The van der Waals surface area contributed by atoms with E-state index in [4.69, 9.17) is 19.2 Å². The standard InChI is InChI=1S/C21H26F2N4O4/c1-29-17-4-2-3-14(18(17)31-20(22)23)13-26-7-5-15-16(6-8-26)24-21(25-19(15)28)27-9-11-30-12-10-27/h2-4,20H,5-13H2,1H3,(H,24,25,28). The van der Waals surface area contributed by atoms with Crippen LogP contribution in [0.3, 0.4) is 0 Å². The fraction of sp³-hybridized carbons (Fsp3) is 0.524. The van der Waals surface area contributed by atoms with Crippen molar-refractivity contribution < 1.29 is 23.0 Å². The molecule has 0 saturated carbocycles. The SMILES string of the molecule is COc1cccc(CN2CCc3nc(N4CCOCC4)[nH]c(=O)c3CC2)c1OC(F)F. The quantitative estimate of drug-likeness (QED) is 0.740. The highest BCUT2D eigenvalue weighted by Crippen LogP contribution is 2.33. The third kappa shape index (κ3) is 4.96. The number of halogens is 2. The molecule has 8 nitrogen and oxygen atoms in total. The summed E-state index contributed by atoms with van der Waals surface area (Å²) in [5.74, 6) is 0.900. The zero-order chi connectivity index (χ0) is 21.8. The number of benzene rings is 1. The molecule has 4 rings (SSSR count). The predicted molar refractivity (Wildman–Crippen MR) is 110 cm³/mol. The molecule has 0 amide bonds. The van der Waals surface area contributed by atoms with Crippen molar-refractivity contribution in [3.05, 3.63) is 45.4 Å². The van der Waals surface area contributed by atoms with E-state index in [0.717, 1.165) is 5.69 Å². The first-order valence-electron chi connectivity index (χ1n) is 10.3. The highest BCUT2D eigenvalue weighted by molar-refractivity contribution is 5.46. The molecule has 2 aliphatic heterocycles. The maximum atomic E-state index is 12.9. The van der Waals surface area contributed by atoms with Crippen LogP contribution in [0.5, 0.6) is 11.5 Å². The zero-order valence-corrected chi connectivity index (χ0v) is 17.4. The first kappa shape index (κ1) is 21.5. The second kappa shape index (κ2) is 9.61. The van der Waals surface area contributed by atoms with Crippen LogP contribution in [0.1, 0.15) is 16.8 Å². The topological polar surface area (TPSA) is 79.9 Å². The van der Waals surface area contributed by atoms with Gasteiger partial charge in [-0.2, -0.15) is 8.78 Å². The van der Waals surface area contributed by atoms with Crippen molar-refractivity contribution in [2.24, 2.45) is 0 Å². The third-order valence-electron chi connectivity index (χ3n) is 5.62. The number of H-pyrrole nitrogens is 1. The van der Waals surface area contributed by atoms with Gasteiger partial charge in [-0.1, -0.05) is 12.1 Å². The Labute approximate surface area is 178 Å². The summed E-state index contributed by atoms with van der Waals surface area (Å²) in [4.78, 5) is 24.5. The second-order valence-corrected chi connectivity index (χ2v) is 7.52. The van der Waals surface area contributed by atoms with Gasteiger partial charge < -0.3 is 19.1 Å². The van der Waals surface area contributed by atoms with Gasteiger partial charge >= 0.3 is 6.61 Å². The van der Waals surface area contributed by atoms with Crippen molar-refractivity contribution in [2.75, 3.05) is 51.4 Å². The van der Waals surface area contributed by atoms with Gasteiger partial charge in [0.1, 0.15) is 0 Å². The minimum Gasteiger partial charge on any atom is -0.493 e. The fourth-order valence-corrected chi connectivity index (χ4v) is 4.03. The van der Waals surface area contributed by atoms with Crippen LogP contribution in [-0.4, -0.2) is 68.0 Å². The van der Waals surface area contributed by atoms with Crippen molar-refractivity contribution in [2.45, 2.75) is 26.0 Å². The van der Waals surface area contributed by atoms with Crippen LogP contribution in [-0.2, 0) is 24.1 Å². The molecular formula is C21H26F2N4O4. The van der Waals surface area contributed by atoms with Crippen molar-refractivity contribution in [1.29, 1.82) is 0 Å². The summed E-state index contributed by atoms with van der Waals surface area (Å²) in [5.41, 5.74) is 1.98. The summed E-state index contributed by atoms with van der Waals surface area (Å²) in [6.45, 7) is 1.33. The van der Waals surface area contributed by atoms with E-state index in [1.165, 1.54) is 7.11 Å². The van der Waals surface area contributed by atoms with E-state index in [1.807, 2.05) is 4.90 Å². The van der Waals surface area contributed by atoms with Gasteiger partial charge in [-0.05, 0) is 12.5 Å². The summed E-state index contributed by atoms with van der Waals surface area (Å²) in [6, 6.07) is 5.09. The monoisotopic (exact) mass is 436 g/mol. The number of hydrogen-bond acceptors (Lipinski definition) is 7. The summed E-state index contributed by atoms with van der Waals surface area (Å²) in [5, 5.41) is 0. The highest BCUT2D eigenvalue weighted by Gasteiger charge is 2.23. The number of rotatable bonds is 6. The van der Waals surface area contributed by atoms with Crippen LogP contribution in [0.15, 0.2) is 23.0 Å². The van der Waals surface area contributed by atoms with Crippen molar-refractivity contribution in [1.82, 2.24) is 14.9 Å². The van der Waals surface area contributed by atoms with Crippen molar-refractivity contribution in [3.8, 4) is 11.5 Å². The number of ether oxygens (including phenoxy) is 3. The minimum atomic E-state index is -2.94. The normalized spacial score (nSPS) is 17.4. The molecule has 1 N–H and O–H groups in total. The van der Waals surface area contributed by atoms with E-state index in [2.05, 4.69) is 9.88 Å². The Morgan fingerprint density at radius 3 is 2.71 bits per heavy atom. The van der Waals surface area contributed by atoms with E-state index in [0.29, 0.717) is 75.9 Å². The Hall–Kier alpha value is -2.72. The van der Waals surface area contributed by atoms with Crippen molar-refractivity contribution in [3.63, 3.8) is 0 Å². The van der Waals surface area contributed by atoms with Gasteiger partial charge in [0.15, 0.2) is 11.5 Å². The number of para-hydroxylation sites is 1. The predicted octanol–water partition coefficient (Wildman–Crippen LogP) is 1.82. The molecule has 1 aromatic carbocycles. The van der Waals surface area contributed by atoms with E-state index in [1.54, 1.807) is 18.2 Å². The molecule has 168 valence electrons. The van der Waals surface area contributed by atoms with Gasteiger partial charge in [-0.25, -0.2) is 4.98 Å². The number of aromatic amines is 1. The third-order valence-corrected chi connectivity index (χ3v) is 5.62. The number of nitrogens with one attached hydrogen (secondary N) is 1. The van der Waals surface area contributed by atoms with Crippen LogP contribution in [0.2, 0.25) is 0 Å². The first-order chi connectivity index (χ1) is 15.0. The number of alkyl halides is 2. The molecule has 3 heterocycles. The van der Waals surface area contributed by atoms with Gasteiger partial charge in [0, 0.05) is 50.3 Å². The van der Waals surface area contributed by atoms with E-state index < -0.39 is 6.61 Å². The number of nitrogens with zero attached hydrogens (tertiary/aromatic N) is 3. The number of methoxy groups -OCH3 is 1. The van der Waals surface area contributed by atoms with E-state index in [9.17, 15) is 13.6 Å². The highest BCUT2D eigenvalue weighted by atomic mass is 19.3. The summed E-state index contributed by atoms with van der Waals surface area (Å²) < 4.78 is 41.1. The smallest absolute Gasteiger partial charge is 0.387 e. The van der Waals surface area contributed by atoms with Gasteiger partial charge in [0.05, 0.1) is 26.0 Å². The Balaban J connectivity index is 1.51. The van der Waals surface area contributed by atoms with Crippen molar-refractivity contribution >= 4 is 5.95 Å². The van der Waals surface area contributed by atoms with E-state index in [-0.39, 0.29) is 17.1 Å².